The average molecular weight is 232 g/mol. The lowest BCUT2D eigenvalue weighted by Crippen LogP contribution is -2.13. The van der Waals surface area contributed by atoms with Crippen molar-refractivity contribution in [2.75, 3.05) is 0 Å². The fraction of sp³-hybridized carbons (Fsp3) is 0.500. The van der Waals surface area contributed by atoms with E-state index in [1.54, 1.807) is 0 Å². The van der Waals surface area contributed by atoms with Gasteiger partial charge in [0.2, 0.25) is 0 Å². The van der Waals surface area contributed by atoms with Crippen molar-refractivity contribution in [3.63, 3.8) is 0 Å². The van der Waals surface area contributed by atoms with Gasteiger partial charge >= 0.3 is 0 Å². The van der Waals surface area contributed by atoms with Gasteiger partial charge in [0.1, 0.15) is 0 Å². The van der Waals surface area contributed by atoms with E-state index in [9.17, 15) is 18.3 Å². The van der Waals surface area contributed by atoms with Crippen LogP contribution in [-0.2, 0) is 0 Å². The summed E-state index contributed by atoms with van der Waals surface area (Å²) in [7, 11) is 0. The van der Waals surface area contributed by atoms with Gasteiger partial charge in [-0.05, 0) is 12.0 Å². The van der Waals surface area contributed by atoms with E-state index >= 15 is 0 Å². The van der Waals surface area contributed by atoms with Gasteiger partial charge < -0.3 is 5.11 Å². The summed E-state index contributed by atoms with van der Waals surface area (Å²) in [5.41, 5.74) is -0.174. The summed E-state index contributed by atoms with van der Waals surface area (Å²) in [4.78, 5) is 0. The third-order valence-corrected chi connectivity index (χ3v) is 2.88. The minimum absolute atomic E-state index is 0.153. The molecule has 0 heterocycles. The monoisotopic (exact) mass is 232 g/mol. The first kappa shape index (κ1) is 13.0. The molecule has 1 rings (SSSR count). The molecule has 1 aromatic carbocycles. The predicted octanol–water partition coefficient (Wildman–Crippen LogP) is 3.57. The molecule has 0 spiro atoms. The molecule has 1 atom stereocenters. The highest BCUT2D eigenvalue weighted by Crippen LogP contribution is 2.30. The number of hydrogen-bond acceptors (Lipinski definition) is 1. The summed E-state index contributed by atoms with van der Waals surface area (Å²) >= 11 is 0. The summed E-state index contributed by atoms with van der Waals surface area (Å²) < 4.78 is 39.0. The Bertz CT molecular complexity index is 362. The molecular weight excluding hydrogens is 217 g/mol. The first-order chi connectivity index (χ1) is 7.52. The number of aliphatic hydroxyl groups excluding tert-OH is 1. The SMILES string of the molecule is CCC(CC)C(O)c1ccc(F)c(F)c1F. The largest absolute Gasteiger partial charge is 0.388 e. The highest BCUT2D eigenvalue weighted by Gasteiger charge is 2.23. The number of hydrogen-bond donors (Lipinski definition) is 1. The van der Waals surface area contributed by atoms with Gasteiger partial charge in [0.15, 0.2) is 17.5 Å². The maximum absolute atomic E-state index is 13.4. The lowest BCUT2D eigenvalue weighted by atomic mass is 9.91. The summed E-state index contributed by atoms with van der Waals surface area (Å²) in [5, 5.41) is 9.85. The summed E-state index contributed by atoms with van der Waals surface area (Å²) in [5.74, 6) is -4.21. The van der Waals surface area contributed by atoms with Gasteiger partial charge in [-0.25, -0.2) is 13.2 Å². The molecule has 1 N–H and O–H groups in total. The highest BCUT2D eigenvalue weighted by molar-refractivity contribution is 5.23. The summed E-state index contributed by atoms with van der Waals surface area (Å²) in [6.07, 6.45) is 0.205. The quantitative estimate of drug-likeness (QED) is 0.787. The van der Waals surface area contributed by atoms with Gasteiger partial charge in [0, 0.05) is 5.56 Å². The molecule has 0 aromatic heterocycles. The topological polar surface area (TPSA) is 20.2 Å². The molecule has 90 valence electrons. The van der Waals surface area contributed by atoms with Gasteiger partial charge in [-0.2, -0.15) is 0 Å². The second-order valence-corrected chi connectivity index (χ2v) is 3.79. The number of halogens is 3. The van der Waals surface area contributed by atoms with Crippen molar-refractivity contribution in [2.45, 2.75) is 32.8 Å². The molecule has 1 aromatic rings. The van der Waals surface area contributed by atoms with E-state index in [0.29, 0.717) is 12.8 Å². The second-order valence-electron chi connectivity index (χ2n) is 3.79. The van der Waals surface area contributed by atoms with E-state index < -0.39 is 23.6 Å². The van der Waals surface area contributed by atoms with Crippen molar-refractivity contribution in [1.82, 2.24) is 0 Å². The number of rotatable bonds is 4. The molecule has 0 aliphatic rings. The Kier molecular flexibility index (Phi) is 4.35. The van der Waals surface area contributed by atoms with Crippen LogP contribution in [0.1, 0.15) is 38.4 Å². The van der Waals surface area contributed by atoms with Crippen LogP contribution >= 0.6 is 0 Å². The van der Waals surface area contributed by atoms with Crippen molar-refractivity contribution in [3.8, 4) is 0 Å². The Labute approximate surface area is 92.9 Å². The standard InChI is InChI=1S/C12H15F3O/c1-3-7(4-2)12(16)8-5-6-9(13)11(15)10(8)14/h5-7,12,16H,3-4H2,1-2H3. The van der Waals surface area contributed by atoms with Gasteiger partial charge in [-0.1, -0.05) is 32.8 Å². The Morgan fingerprint density at radius 2 is 1.62 bits per heavy atom. The Balaban J connectivity index is 3.09. The fourth-order valence-corrected chi connectivity index (χ4v) is 1.76. The van der Waals surface area contributed by atoms with Gasteiger partial charge in [-0.3, -0.25) is 0 Å². The van der Waals surface area contributed by atoms with E-state index in [0.717, 1.165) is 12.1 Å². The molecular formula is C12H15F3O. The summed E-state index contributed by atoms with van der Waals surface area (Å²) in [6.45, 7) is 3.71. The summed E-state index contributed by atoms with van der Waals surface area (Å²) in [6, 6.07) is 1.93. The van der Waals surface area contributed by atoms with Crippen LogP contribution < -0.4 is 0 Å². The average Bonchev–Trinajstić information content (AvgIpc) is 2.27. The maximum atomic E-state index is 13.4. The van der Waals surface area contributed by atoms with Crippen molar-refractivity contribution >= 4 is 0 Å². The molecule has 0 fully saturated rings. The van der Waals surface area contributed by atoms with E-state index in [-0.39, 0.29) is 11.5 Å². The Morgan fingerprint density at radius 3 is 2.12 bits per heavy atom. The van der Waals surface area contributed by atoms with Crippen LogP contribution in [0, 0.1) is 23.4 Å². The third-order valence-electron chi connectivity index (χ3n) is 2.88. The Morgan fingerprint density at radius 1 is 1.06 bits per heavy atom. The van der Waals surface area contributed by atoms with E-state index in [1.165, 1.54) is 0 Å². The van der Waals surface area contributed by atoms with Crippen LogP contribution in [0.4, 0.5) is 13.2 Å². The molecule has 0 aliphatic carbocycles. The molecule has 0 bridgehead atoms. The lowest BCUT2D eigenvalue weighted by Gasteiger charge is -2.20. The van der Waals surface area contributed by atoms with Crippen molar-refractivity contribution < 1.29 is 18.3 Å². The van der Waals surface area contributed by atoms with Crippen LogP contribution in [0.3, 0.4) is 0 Å². The van der Waals surface area contributed by atoms with Crippen molar-refractivity contribution in [2.24, 2.45) is 5.92 Å². The van der Waals surface area contributed by atoms with Crippen molar-refractivity contribution in [3.05, 3.63) is 35.1 Å². The van der Waals surface area contributed by atoms with Gasteiger partial charge in [0.05, 0.1) is 6.10 Å². The predicted molar refractivity (Wildman–Crippen MR) is 55.3 cm³/mol. The van der Waals surface area contributed by atoms with Crippen LogP contribution in [0.2, 0.25) is 0 Å². The molecule has 1 nitrogen and oxygen atoms in total. The molecule has 0 radical (unpaired) electrons. The fourth-order valence-electron chi connectivity index (χ4n) is 1.76. The minimum atomic E-state index is -1.53. The van der Waals surface area contributed by atoms with Gasteiger partial charge in [-0.15, -0.1) is 0 Å². The third kappa shape index (κ3) is 2.38. The first-order valence-corrected chi connectivity index (χ1v) is 5.34. The van der Waals surface area contributed by atoms with Gasteiger partial charge in [0.25, 0.3) is 0 Å². The Hall–Kier alpha value is -1.03. The number of benzene rings is 1. The lowest BCUT2D eigenvalue weighted by molar-refractivity contribution is 0.0985. The smallest absolute Gasteiger partial charge is 0.194 e. The zero-order valence-corrected chi connectivity index (χ0v) is 9.30. The first-order valence-electron chi connectivity index (χ1n) is 5.34. The van der Waals surface area contributed by atoms with E-state index in [1.807, 2.05) is 13.8 Å². The normalized spacial score (nSPS) is 13.2. The minimum Gasteiger partial charge on any atom is -0.388 e. The molecule has 1 unspecified atom stereocenters. The zero-order chi connectivity index (χ0) is 12.3. The molecule has 0 amide bonds. The molecule has 0 saturated carbocycles. The van der Waals surface area contributed by atoms with Crippen LogP contribution in [0.5, 0.6) is 0 Å². The van der Waals surface area contributed by atoms with Crippen LogP contribution in [0.25, 0.3) is 0 Å². The molecule has 4 heteroatoms. The molecule has 0 saturated heterocycles. The van der Waals surface area contributed by atoms with Crippen LogP contribution in [-0.4, -0.2) is 5.11 Å². The van der Waals surface area contributed by atoms with E-state index in [4.69, 9.17) is 0 Å². The van der Waals surface area contributed by atoms with Crippen molar-refractivity contribution in [1.29, 1.82) is 0 Å². The second kappa shape index (κ2) is 5.34. The number of aliphatic hydroxyl groups is 1. The maximum Gasteiger partial charge on any atom is 0.194 e. The van der Waals surface area contributed by atoms with Crippen LogP contribution in [0.15, 0.2) is 12.1 Å². The highest BCUT2D eigenvalue weighted by atomic mass is 19.2. The zero-order valence-electron chi connectivity index (χ0n) is 9.30. The molecule has 0 aliphatic heterocycles. The molecule has 16 heavy (non-hydrogen) atoms. The van der Waals surface area contributed by atoms with E-state index in [2.05, 4.69) is 0 Å².